The molecule has 9 aromatic carbocycles. The van der Waals surface area contributed by atoms with Gasteiger partial charge in [0, 0.05) is 44.4 Å². The lowest BCUT2D eigenvalue weighted by atomic mass is 9.82. The maximum atomic E-state index is 5.47. The monoisotopic (exact) mass is 831 g/mol. The summed E-state index contributed by atoms with van der Waals surface area (Å²) in [6.45, 7) is 4.71. The molecule has 3 heteroatoms. The van der Waals surface area contributed by atoms with Gasteiger partial charge >= 0.3 is 0 Å². The lowest BCUT2D eigenvalue weighted by molar-refractivity contribution is 0.660. The Morgan fingerprint density at radius 1 is 0.400 bits per heavy atom. The molecule has 0 bridgehead atoms. The molecule has 11 aromatic rings. The van der Waals surface area contributed by atoms with Gasteiger partial charge in [-0.1, -0.05) is 214 Å². The fourth-order valence-corrected chi connectivity index (χ4v) is 10.2. The van der Waals surface area contributed by atoms with Crippen LogP contribution in [0.4, 0.5) is 17.1 Å². The van der Waals surface area contributed by atoms with Gasteiger partial charge in [0.2, 0.25) is 0 Å². The van der Waals surface area contributed by atoms with Gasteiger partial charge in [0.25, 0.3) is 0 Å². The summed E-state index contributed by atoms with van der Waals surface area (Å²) >= 11 is 0. The number of hydrogen-bond donors (Lipinski definition) is 0. The van der Waals surface area contributed by atoms with Crippen LogP contribution in [0.25, 0.3) is 83.3 Å². The van der Waals surface area contributed by atoms with Crippen LogP contribution in [0.5, 0.6) is 0 Å². The quantitative estimate of drug-likeness (QED) is 0.152. The summed E-state index contributed by atoms with van der Waals surface area (Å²) in [7, 11) is 0. The van der Waals surface area contributed by atoms with Gasteiger partial charge in [0.1, 0.15) is 5.69 Å². The predicted molar refractivity (Wildman–Crippen MR) is 272 cm³/mol. The fourth-order valence-electron chi connectivity index (χ4n) is 10.2. The zero-order valence-electron chi connectivity index (χ0n) is 36.4. The first-order valence-electron chi connectivity index (χ1n) is 22.5. The average molecular weight is 832 g/mol. The molecule has 0 saturated heterocycles. The molecule has 65 heavy (non-hydrogen) atoms. The number of rotatable bonds is 8. The number of nitrogens with zero attached hydrogens (tertiary/aromatic N) is 3. The van der Waals surface area contributed by atoms with E-state index in [9.17, 15) is 0 Å². The maximum Gasteiger partial charge on any atom is 0.101 e. The molecule has 0 unspecified atom stereocenters. The standard InChI is InChI=1S/C62H45N3/c1-62(2)54-27-16-15-26-53(54)59-55(62)28-17-29-56(59)64(50-36-34-45(35-37-50)44-32-30-43(31-33-44)42-18-7-3-8-19-42)51-38-39-52-49(40-51)41-57(46-20-9-4-10-21-46)65-61(52)58(47-22-11-5-12-23-47)60(63-65)48-24-13-6-14-25-48/h3-41H,1-2H3. The van der Waals surface area contributed by atoms with E-state index in [2.05, 4.69) is 260 Å². The van der Waals surface area contributed by atoms with Crippen LogP contribution in [0.1, 0.15) is 25.0 Å². The van der Waals surface area contributed by atoms with Crippen LogP contribution in [0.15, 0.2) is 237 Å². The van der Waals surface area contributed by atoms with Crippen molar-refractivity contribution < 1.29 is 0 Å². The summed E-state index contributed by atoms with van der Waals surface area (Å²) in [5.41, 5.74) is 20.8. The smallest absolute Gasteiger partial charge is 0.101 e. The van der Waals surface area contributed by atoms with Crippen molar-refractivity contribution in [1.82, 2.24) is 9.61 Å². The van der Waals surface area contributed by atoms with E-state index in [1.165, 1.54) is 44.5 Å². The van der Waals surface area contributed by atoms with E-state index in [0.717, 1.165) is 67.0 Å². The van der Waals surface area contributed by atoms with E-state index in [-0.39, 0.29) is 5.41 Å². The minimum Gasteiger partial charge on any atom is -0.310 e. The minimum atomic E-state index is -0.144. The number of anilines is 3. The summed E-state index contributed by atoms with van der Waals surface area (Å²) in [6, 6.07) is 85.7. The second-order valence-electron chi connectivity index (χ2n) is 17.6. The summed E-state index contributed by atoms with van der Waals surface area (Å²) in [5.74, 6) is 0. The number of hydrogen-bond acceptors (Lipinski definition) is 2. The van der Waals surface area contributed by atoms with Crippen LogP contribution < -0.4 is 4.90 Å². The molecule has 2 heterocycles. The molecule has 308 valence electrons. The summed E-state index contributed by atoms with van der Waals surface area (Å²) < 4.78 is 2.17. The number of fused-ring (bicyclic) bond motifs is 6. The van der Waals surface area contributed by atoms with E-state index >= 15 is 0 Å². The lowest BCUT2D eigenvalue weighted by Crippen LogP contribution is -2.16. The normalized spacial score (nSPS) is 12.6. The van der Waals surface area contributed by atoms with Crippen LogP contribution in [0, 0.1) is 0 Å². The third-order valence-corrected chi connectivity index (χ3v) is 13.4. The molecule has 0 amide bonds. The average Bonchev–Trinajstić information content (AvgIpc) is 3.89. The Morgan fingerprint density at radius 2 is 0.908 bits per heavy atom. The van der Waals surface area contributed by atoms with Gasteiger partial charge in [-0.05, 0) is 86.3 Å². The van der Waals surface area contributed by atoms with Gasteiger partial charge < -0.3 is 4.90 Å². The highest BCUT2D eigenvalue weighted by Gasteiger charge is 2.37. The van der Waals surface area contributed by atoms with Gasteiger partial charge in [0.15, 0.2) is 0 Å². The molecule has 3 nitrogen and oxygen atoms in total. The topological polar surface area (TPSA) is 20.5 Å². The Bertz CT molecular complexity index is 3520. The third-order valence-electron chi connectivity index (χ3n) is 13.4. The number of aromatic nitrogens is 2. The van der Waals surface area contributed by atoms with E-state index in [1.54, 1.807) is 0 Å². The Kier molecular flexibility index (Phi) is 9.17. The van der Waals surface area contributed by atoms with Crippen molar-refractivity contribution in [1.29, 1.82) is 0 Å². The maximum absolute atomic E-state index is 5.47. The first kappa shape index (κ1) is 38.4. The van der Waals surface area contributed by atoms with Crippen molar-refractivity contribution in [2.75, 3.05) is 4.90 Å². The van der Waals surface area contributed by atoms with Crippen molar-refractivity contribution in [2.24, 2.45) is 0 Å². The second-order valence-corrected chi connectivity index (χ2v) is 17.6. The molecule has 0 atom stereocenters. The van der Waals surface area contributed by atoms with E-state index < -0.39 is 0 Å². The van der Waals surface area contributed by atoms with Gasteiger partial charge in [-0.2, -0.15) is 5.10 Å². The first-order valence-corrected chi connectivity index (χ1v) is 22.5. The summed E-state index contributed by atoms with van der Waals surface area (Å²) in [4.78, 5) is 2.47. The molecule has 0 radical (unpaired) electrons. The molecule has 0 aliphatic heterocycles. The van der Waals surface area contributed by atoms with Crippen LogP contribution in [0.2, 0.25) is 0 Å². The second kappa shape index (κ2) is 15.5. The van der Waals surface area contributed by atoms with Crippen molar-refractivity contribution in [3.8, 4) is 67.0 Å². The zero-order chi connectivity index (χ0) is 43.5. The van der Waals surface area contributed by atoms with Crippen LogP contribution >= 0.6 is 0 Å². The molecule has 12 rings (SSSR count). The SMILES string of the molecule is CC1(C)c2ccccc2-c2c(N(c3ccc(-c4ccc(-c5ccccc5)cc4)cc3)c3ccc4c(c3)cc(-c3ccccc3)n3nc(-c5ccccc5)c(-c5ccccc5)c43)cccc21. The highest BCUT2D eigenvalue weighted by Crippen LogP contribution is 2.54. The van der Waals surface area contributed by atoms with Crippen LogP contribution in [-0.2, 0) is 5.41 Å². The summed E-state index contributed by atoms with van der Waals surface area (Å²) in [5, 5.41) is 7.75. The Balaban J connectivity index is 1.08. The lowest BCUT2D eigenvalue weighted by Gasteiger charge is -2.29. The van der Waals surface area contributed by atoms with E-state index in [1.807, 2.05) is 0 Å². The summed E-state index contributed by atoms with van der Waals surface area (Å²) in [6.07, 6.45) is 0. The molecule has 1 aliphatic rings. The van der Waals surface area contributed by atoms with E-state index in [0.29, 0.717) is 0 Å². The predicted octanol–water partition coefficient (Wildman–Crippen LogP) is 16.6. The molecule has 0 N–H and O–H groups in total. The first-order chi connectivity index (χ1) is 32.0. The largest absolute Gasteiger partial charge is 0.310 e. The molecule has 2 aromatic heterocycles. The van der Waals surface area contributed by atoms with Crippen molar-refractivity contribution in [2.45, 2.75) is 19.3 Å². The molecule has 0 saturated carbocycles. The Morgan fingerprint density at radius 3 is 1.55 bits per heavy atom. The van der Waals surface area contributed by atoms with Gasteiger partial charge in [0.05, 0.1) is 16.9 Å². The van der Waals surface area contributed by atoms with Crippen molar-refractivity contribution in [3.05, 3.63) is 248 Å². The molecular formula is C62H45N3. The highest BCUT2D eigenvalue weighted by molar-refractivity contribution is 6.10. The van der Waals surface area contributed by atoms with Gasteiger partial charge in [-0.15, -0.1) is 0 Å². The zero-order valence-corrected chi connectivity index (χ0v) is 36.4. The van der Waals surface area contributed by atoms with Crippen molar-refractivity contribution >= 4 is 33.4 Å². The van der Waals surface area contributed by atoms with Crippen molar-refractivity contribution in [3.63, 3.8) is 0 Å². The minimum absolute atomic E-state index is 0.144. The van der Waals surface area contributed by atoms with E-state index in [4.69, 9.17) is 5.10 Å². The van der Waals surface area contributed by atoms with Crippen LogP contribution in [0.3, 0.4) is 0 Å². The molecular weight excluding hydrogens is 787 g/mol. The number of pyridine rings is 1. The number of benzene rings is 9. The molecule has 0 fully saturated rings. The van der Waals surface area contributed by atoms with Crippen LogP contribution in [-0.4, -0.2) is 9.61 Å². The third kappa shape index (κ3) is 6.47. The fraction of sp³-hybridized carbons (Fsp3) is 0.0484. The Labute approximate surface area is 380 Å². The highest BCUT2D eigenvalue weighted by atomic mass is 15.2. The molecule has 0 spiro atoms. The Hall–Kier alpha value is -8.27. The van der Waals surface area contributed by atoms with Gasteiger partial charge in [-0.25, -0.2) is 4.52 Å². The van der Waals surface area contributed by atoms with Gasteiger partial charge in [-0.3, -0.25) is 0 Å². The molecule has 1 aliphatic carbocycles.